The van der Waals surface area contributed by atoms with Gasteiger partial charge in [0.25, 0.3) is 0 Å². The number of nitrogens with zero attached hydrogens (tertiary/aromatic N) is 3. The third kappa shape index (κ3) is 3.25. The lowest BCUT2D eigenvalue weighted by Gasteiger charge is -2.36. The van der Waals surface area contributed by atoms with Gasteiger partial charge in [0, 0.05) is 50.0 Å². The lowest BCUT2D eigenvalue weighted by Crippen LogP contribution is -2.45. The number of hydrogen-bond donors (Lipinski definition) is 1. The van der Waals surface area contributed by atoms with E-state index >= 15 is 0 Å². The summed E-state index contributed by atoms with van der Waals surface area (Å²) in [4.78, 5) is 11.6. The minimum Gasteiger partial charge on any atom is -0.314 e. The maximum atomic E-state index is 6.67. The SMILES string of the molecule is Cc1c(Cl)c(CN2CCNCC2c2cccnc2)nc2ccccc12. The summed E-state index contributed by atoms with van der Waals surface area (Å²) >= 11 is 6.67. The molecule has 1 aliphatic heterocycles. The number of aromatic nitrogens is 2. The molecule has 2 aromatic heterocycles. The highest BCUT2D eigenvalue weighted by molar-refractivity contribution is 6.32. The Hall–Kier alpha value is -2.01. The first-order valence-corrected chi connectivity index (χ1v) is 9.00. The smallest absolute Gasteiger partial charge is 0.0740 e. The number of halogens is 1. The highest BCUT2D eigenvalue weighted by atomic mass is 35.5. The minimum absolute atomic E-state index is 0.284. The normalized spacial score (nSPS) is 18.6. The molecule has 1 aromatic carbocycles. The molecule has 0 bridgehead atoms. The summed E-state index contributed by atoms with van der Waals surface area (Å²) in [5.74, 6) is 0. The van der Waals surface area contributed by atoms with E-state index in [1.54, 1.807) is 0 Å². The fourth-order valence-electron chi connectivity index (χ4n) is 3.55. The van der Waals surface area contributed by atoms with E-state index in [-0.39, 0.29) is 6.04 Å². The number of aryl methyl sites for hydroxylation is 1. The Morgan fingerprint density at radius 2 is 2.12 bits per heavy atom. The van der Waals surface area contributed by atoms with Gasteiger partial charge in [0.2, 0.25) is 0 Å². The molecule has 1 saturated heterocycles. The predicted octanol–water partition coefficient (Wildman–Crippen LogP) is 3.74. The van der Waals surface area contributed by atoms with Gasteiger partial charge in [-0.2, -0.15) is 0 Å². The van der Waals surface area contributed by atoms with Crippen LogP contribution in [0.25, 0.3) is 10.9 Å². The van der Waals surface area contributed by atoms with Crippen molar-refractivity contribution in [1.82, 2.24) is 20.2 Å². The Morgan fingerprint density at radius 3 is 2.96 bits per heavy atom. The van der Waals surface area contributed by atoms with Crippen LogP contribution in [-0.2, 0) is 6.54 Å². The molecule has 25 heavy (non-hydrogen) atoms. The molecule has 1 fully saturated rings. The van der Waals surface area contributed by atoms with E-state index < -0.39 is 0 Å². The van der Waals surface area contributed by atoms with E-state index in [4.69, 9.17) is 16.6 Å². The standard InChI is InChI=1S/C20H21ClN4/c1-14-16-6-2-3-7-17(16)24-18(20(14)21)13-25-10-9-23-12-19(25)15-5-4-8-22-11-15/h2-8,11,19,23H,9-10,12-13H2,1H3. The van der Waals surface area contributed by atoms with Gasteiger partial charge in [-0.05, 0) is 30.2 Å². The zero-order chi connectivity index (χ0) is 17.2. The topological polar surface area (TPSA) is 41.0 Å². The zero-order valence-electron chi connectivity index (χ0n) is 14.2. The largest absolute Gasteiger partial charge is 0.314 e. The predicted molar refractivity (Wildman–Crippen MR) is 102 cm³/mol. The van der Waals surface area contributed by atoms with Gasteiger partial charge >= 0.3 is 0 Å². The molecule has 128 valence electrons. The monoisotopic (exact) mass is 352 g/mol. The second-order valence-electron chi connectivity index (χ2n) is 6.49. The van der Waals surface area contributed by atoms with E-state index in [2.05, 4.69) is 40.3 Å². The Balaban J connectivity index is 1.68. The van der Waals surface area contributed by atoms with E-state index in [0.717, 1.165) is 53.4 Å². The molecule has 1 N–H and O–H groups in total. The van der Waals surface area contributed by atoms with Crippen LogP contribution in [0.1, 0.15) is 22.9 Å². The van der Waals surface area contributed by atoms with Crippen molar-refractivity contribution in [2.75, 3.05) is 19.6 Å². The Morgan fingerprint density at radius 1 is 1.24 bits per heavy atom. The van der Waals surface area contributed by atoms with E-state index in [0.29, 0.717) is 0 Å². The number of rotatable bonds is 3. The average molecular weight is 353 g/mol. The van der Waals surface area contributed by atoms with Crippen LogP contribution in [-0.4, -0.2) is 34.5 Å². The maximum absolute atomic E-state index is 6.67. The first-order valence-electron chi connectivity index (χ1n) is 8.62. The summed E-state index contributed by atoms with van der Waals surface area (Å²) in [6, 6.07) is 12.6. The fourth-order valence-corrected chi connectivity index (χ4v) is 3.76. The summed E-state index contributed by atoms with van der Waals surface area (Å²) in [5, 5.41) is 5.39. The Bertz CT molecular complexity index is 882. The van der Waals surface area contributed by atoms with Crippen molar-refractivity contribution in [2.24, 2.45) is 0 Å². The molecule has 1 atom stereocenters. The molecular weight excluding hydrogens is 332 g/mol. The van der Waals surface area contributed by atoms with E-state index in [1.165, 1.54) is 5.56 Å². The Labute approximate surface area is 152 Å². The van der Waals surface area contributed by atoms with Gasteiger partial charge in [-0.1, -0.05) is 35.9 Å². The second kappa shape index (κ2) is 7.08. The van der Waals surface area contributed by atoms with Gasteiger partial charge in [0.05, 0.1) is 16.2 Å². The van der Waals surface area contributed by atoms with Crippen molar-refractivity contribution in [3.05, 3.63) is 70.6 Å². The molecular formula is C20H21ClN4. The van der Waals surface area contributed by atoms with Gasteiger partial charge in [-0.15, -0.1) is 0 Å². The summed E-state index contributed by atoms with van der Waals surface area (Å²) in [6.45, 7) is 5.66. The van der Waals surface area contributed by atoms with Crippen LogP contribution in [0.3, 0.4) is 0 Å². The molecule has 0 radical (unpaired) electrons. The number of fused-ring (bicyclic) bond motifs is 1. The minimum atomic E-state index is 0.284. The zero-order valence-corrected chi connectivity index (χ0v) is 15.0. The molecule has 3 aromatic rings. The number of para-hydroxylation sites is 1. The second-order valence-corrected chi connectivity index (χ2v) is 6.87. The molecule has 5 heteroatoms. The summed E-state index contributed by atoms with van der Waals surface area (Å²) < 4.78 is 0. The van der Waals surface area contributed by atoms with Gasteiger partial charge in [0.15, 0.2) is 0 Å². The number of piperazine rings is 1. The fraction of sp³-hybridized carbons (Fsp3) is 0.300. The molecule has 0 amide bonds. The Kier molecular flexibility index (Phi) is 4.66. The summed E-state index contributed by atoms with van der Waals surface area (Å²) in [6.07, 6.45) is 3.76. The highest BCUT2D eigenvalue weighted by Gasteiger charge is 2.25. The van der Waals surface area contributed by atoms with Gasteiger partial charge < -0.3 is 5.32 Å². The van der Waals surface area contributed by atoms with E-state index in [1.807, 2.05) is 30.6 Å². The molecule has 0 aliphatic carbocycles. The van der Waals surface area contributed by atoms with Crippen LogP contribution >= 0.6 is 11.6 Å². The maximum Gasteiger partial charge on any atom is 0.0740 e. The number of benzene rings is 1. The van der Waals surface area contributed by atoms with E-state index in [9.17, 15) is 0 Å². The van der Waals surface area contributed by atoms with Crippen molar-refractivity contribution < 1.29 is 0 Å². The molecule has 0 saturated carbocycles. The highest BCUT2D eigenvalue weighted by Crippen LogP contribution is 2.30. The van der Waals surface area contributed by atoms with Gasteiger partial charge in [-0.25, -0.2) is 4.98 Å². The van der Waals surface area contributed by atoms with Crippen LogP contribution < -0.4 is 5.32 Å². The van der Waals surface area contributed by atoms with Crippen LogP contribution in [0.15, 0.2) is 48.8 Å². The molecule has 1 unspecified atom stereocenters. The van der Waals surface area contributed by atoms with Gasteiger partial charge in [0.1, 0.15) is 0 Å². The average Bonchev–Trinajstić information content (AvgIpc) is 2.67. The van der Waals surface area contributed by atoms with Crippen LogP contribution in [0.4, 0.5) is 0 Å². The first kappa shape index (κ1) is 16.5. The van der Waals surface area contributed by atoms with Crippen LogP contribution in [0.2, 0.25) is 5.02 Å². The van der Waals surface area contributed by atoms with Crippen molar-refractivity contribution in [3.63, 3.8) is 0 Å². The quantitative estimate of drug-likeness (QED) is 0.779. The molecule has 3 heterocycles. The van der Waals surface area contributed by atoms with Gasteiger partial charge in [-0.3, -0.25) is 9.88 Å². The van der Waals surface area contributed by atoms with Crippen LogP contribution in [0, 0.1) is 6.92 Å². The van der Waals surface area contributed by atoms with Crippen molar-refractivity contribution in [3.8, 4) is 0 Å². The number of hydrogen-bond acceptors (Lipinski definition) is 4. The van der Waals surface area contributed by atoms with Crippen molar-refractivity contribution in [2.45, 2.75) is 19.5 Å². The third-order valence-corrected chi connectivity index (χ3v) is 5.42. The number of pyridine rings is 2. The first-order chi connectivity index (χ1) is 12.2. The number of nitrogens with one attached hydrogen (secondary N) is 1. The van der Waals surface area contributed by atoms with Crippen LogP contribution in [0.5, 0.6) is 0 Å². The lowest BCUT2D eigenvalue weighted by atomic mass is 10.0. The molecule has 1 aliphatic rings. The van der Waals surface area contributed by atoms with Crippen molar-refractivity contribution >= 4 is 22.5 Å². The molecule has 4 nitrogen and oxygen atoms in total. The molecule has 4 rings (SSSR count). The van der Waals surface area contributed by atoms with Crippen molar-refractivity contribution in [1.29, 1.82) is 0 Å². The lowest BCUT2D eigenvalue weighted by molar-refractivity contribution is 0.152. The third-order valence-electron chi connectivity index (χ3n) is 4.92. The molecule has 0 spiro atoms. The summed E-state index contributed by atoms with van der Waals surface area (Å²) in [5.41, 5.74) is 4.29. The summed E-state index contributed by atoms with van der Waals surface area (Å²) in [7, 11) is 0.